The number of furan rings is 3. The second-order valence-electron chi connectivity index (χ2n) is 6.14. The van der Waals surface area contributed by atoms with Gasteiger partial charge in [0.15, 0.2) is 17.3 Å². The van der Waals surface area contributed by atoms with E-state index in [1.165, 1.54) is 6.33 Å². The third kappa shape index (κ3) is 2.98. The van der Waals surface area contributed by atoms with Gasteiger partial charge >= 0.3 is 0 Å². The molecule has 0 aliphatic rings. The number of fused-ring (bicyclic) bond motifs is 1. The van der Waals surface area contributed by atoms with Crippen molar-refractivity contribution >= 4 is 23.1 Å². The van der Waals surface area contributed by atoms with Crippen molar-refractivity contribution in [2.45, 2.75) is 0 Å². The van der Waals surface area contributed by atoms with Crippen LogP contribution in [-0.2, 0) is 0 Å². The summed E-state index contributed by atoms with van der Waals surface area (Å²) in [5, 5.41) is 0.639. The summed E-state index contributed by atoms with van der Waals surface area (Å²) in [5.41, 5.74) is 1.91. The van der Waals surface area contributed by atoms with Crippen LogP contribution in [0.5, 0.6) is 5.75 Å². The van der Waals surface area contributed by atoms with Crippen LogP contribution in [-0.4, -0.2) is 23.3 Å². The van der Waals surface area contributed by atoms with E-state index in [0.717, 1.165) is 11.3 Å². The Morgan fingerprint density at radius 3 is 2.48 bits per heavy atom. The molecule has 0 amide bonds. The number of methoxy groups -OCH3 is 1. The number of hydrogen-bond acceptors (Lipinski definition) is 7. The van der Waals surface area contributed by atoms with Gasteiger partial charge in [-0.25, -0.2) is 15.0 Å². The summed E-state index contributed by atoms with van der Waals surface area (Å²) in [6.07, 6.45) is 6.30. The van der Waals surface area contributed by atoms with Gasteiger partial charge in [0.25, 0.3) is 0 Å². The van der Waals surface area contributed by atoms with Gasteiger partial charge in [-0.3, -0.25) is 0 Å². The predicted octanol–water partition coefficient (Wildman–Crippen LogP) is 5.50. The van der Waals surface area contributed by atoms with Crippen LogP contribution in [0.15, 0.2) is 85.6 Å². The van der Waals surface area contributed by atoms with Crippen molar-refractivity contribution in [2.24, 2.45) is 4.99 Å². The molecule has 7 heteroatoms. The summed E-state index contributed by atoms with van der Waals surface area (Å²) in [5.74, 6) is 2.85. The highest BCUT2D eigenvalue weighted by atomic mass is 16.5. The quantitative estimate of drug-likeness (QED) is 0.371. The molecule has 7 nitrogen and oxygen atoms in total. The minimum Gasteiger partial charge on any atom is -0.496 e. The molecule has 1 aromatic carbocycles. The maximum absolute atomic E-state index is 6.00. The molecule has 0 saturated carbocycles. The van der Waals surface area contributed by atoms with Gasteiger partial charge in [0, 0.05) is 11.8 Å². The first-order valence-electron chi connectivity index (χ1n) is 8.87. The molecule has 5 rings (SSSR count). The third-order valence-corrected chi connectivity index (χ3v) is 4.45. The molecule has 0 fully saturated rings. The van der Waals surface area contributed by atoms with Crippen LogP contribution in [0.25, 0.3) is 33.9 Å². The summed E-state index contributed by atoms with van der Waals surface area (Å²) in [4.78, 5) is 13.2. The average molecular weight is 385 g/mol. The van der Waals surface area contributed by atoms with Crippen molar-refractivity contribution in [3.8, 4) is 28.6 Å². The van der Waals surface area contributed by atoms with E-state index in [4.69, 9.17) is 18.0 Å². The molecule has 0 unspecified atom stereocenters. The van der Waals surface area contributed by atoms with E-state index in [-0.39, 0.29) is 0 Å². The Labute approximate surface area is 165 Å². The van der Waals surface area contributed by atoms with Gasteiger partial charge in [-0.2, -0.15) is 0 Å². The summed E-state index contributed by atoms with van der Waals surface area (Å²) >= 11 is 0. The minimum atomic E-state index is 0.393. The standard InChI is InChI=1S/C22H15N3O4/c1-26-15-7-3-2-6-14(15)12-23-21-19-18(16-8-4-10-27-16)20(17-9-5-11-28-17)29-22(19)25-13-24-21/h2-13H,1H3. The van der Waals surface area contributed by atoms with Gasteiger partial charge in [-0.05, 0) is 36.4 Å². The Bertz CT molecular complexity index is 1290. The van der Waals surface area contributed by atoms with Gasteiger partial charge in [-0.1, -0.05) is 12.1 Å². The molecule has 0 aliphatic heterocycles. The second kappa shape index (κ2) is 7.12. The molecule has 142 valence electrons. The Morgan fingerprint density at radius 1 is 0.931 bits per heavy atom. The van der Waals surface area contributed by atoms with Crippen molar-refractivity contribution in [1.29, 1.82) is 0 Å². The van der Waals surface area contributed by atoms with E-state index in [9.17, 15) is 0 Å². The number of para-hydroxylation sites is 1. The van der Waals surface area contributed by atoms with E-state index in [2.05, 4.69) is 15.0 Å². The number of aromatic nitrogens is 2. The monoisotopic (exact) mass is 385 g/mol. The summed E-state index contributed by atoms with van der Waals surface area (Å²) in [6, 6.07) is 14.9. The lowest BCUT2D eigenvalue weighted by atomic mass is 10.1. The van der Waals surface area contributed by atoms with Crippen LogP contribution in [0.4, 0.5) is 5.82 Å². The molecule has 0 N–H and O–H groups in total. The molecule has 0 atom stereocenters. The molecule has 4 aromatic heterocycles. The molecule has 0 bridgehead atoms. The molecule has 5 aromatic rings. The predicted molar refractivity (Wildman–Crippen MR) is 107 cm³/mol. The second-order valence-corrected chi connectivity index (χ2v) is 6.14. The smallest absolute Gasteiger partial charge is 0.232 e. The third-order valence-electron chi connectivity index (χ3n) is 4.45. The molecule has 0 radical (unpaired) electrons. The fourth-order valence-electron chi connectivity index (χ4n) is 3.16. The van der Waals surface area contributed by atoms with Crippen molar-refractivity contribution in [3.05, 3.63) is 72.9 Å². The van der Waals surface area contributed by atoms with Crippen LogP contribution < -0.4 is 4.74 Å². The van der Waals surface area contributed by atoms with Crippen LogP contribution in [0.2, 0.25) is 0 Å². The van der Waals surface area contributed by atoms with Gasteiger partial charge in [0.05, 0.1) is 30.6 Å². The van der Waals surface area contributed by atoms with E-state index in [1.54, 1.807) is 31.9 Å². The fraction of sp³-hybridized carbons (Fsp3) is 0.0455. The van der Waals surface area contributed by atoms with Gasteiger partial charge in [0.1, 0.15) is 17.8 Å². The van der Waals surface area contributed by atoms with E-state index in [0.29, 0.717) is 39.8 Å². The minimum absolute atomic E-state index is 0.393. The normalized spacial score (nSPS) is 11.5. The lowest BCUT2D eigenvalue weighted by Crippen LogP contribution is -1.90. The van der Waals surface area contributed by atoms with E-state index < -0.39 is 0 Å². The fourth-order valence-corrected chi connectivity index (χ4v) is 3.16. The Morgan fingerprint density at radius 2 is 1.72 bits per heavy atom. The summed E-state index contributed by atoms with van der Waals surface area (Å²) < 4.78 is 22.6. The zero-order valence-corrected chi connectivity index (χ0v) is 15.4. The molecular formula is C22H15N3O4. The first-order chi connectivity index (χ1) is 14.3. The number of rotatable bonds is 5. The maximum Gasteiger partial charge on any atom is 0.232 e. The first-order valence-corrected chi connectivity index (χ1v) is 8.87. The molecule has 0 aliphatic carbocycles. The highest BCUT2D eigenvalue weighted by molar-refractivity contribution is 6.04. The lowest BCUT2D eigenvalue weighted by Gasteiger charge is -2.03. The highest BCUT2D eigenvalue weighted by Gasteiger charge is 2.25. The molecule has 4 heterocycles. The number of nitrogens with zero attached hydrogens (tertiary/aromatic N) is 3. The van der Waals surface area contributed by atoms with E-state index in [1.807, 2.05) is 42.5 Å². The zero-order valence-electron chi connectivity index (χ0n) is 15.4. The summed E-state index contributed by atoms with van der Waals surface area (Å²) in [7, 11) is 1.62. The van der Waals surface area contributed by atoms with Crippen LogP contribution in [0.3, 0.4) is 0 Å². The summed E-state index contributed by atoms with van der Waals surface area (Å²) in [6.45, 7) is 0. The SMILES string of the molecule is COc1ccccc1C=Nc1ncnc2oc(-c3ccco3)c(-c3ccco3)c12. The number of hydrogen-bond donors (Lipinski definition) is 0. The van der Waals surface area contributed by atoms with Gasteiger partial charge < -0.3 is 18.0 Å². The Kier molecular flexibility index (Phi) is 4.18. The molecular weight excluding hydrogens is 370 g/mol. The first kappa shape index (κ1) is 17.0. The van der Waals surface area contributed by atoms with E-state index >= 15 is 0 Å². The molecule has 0 saturated heterocycles. The van der Waals surface area contributed by atoms with Crippen LogP contribution in [0.1, 0.15) is 5.56 Å². The van der Waals surface area contributed by atoms with Crippen LogP contribution in [0, 0.1) is 0 Å². The maximum atomic E-state index is 6.00. The topological polar surface area (TPSA) is 86.8 Å². The Hall–Kier alpha value is -4.13. The Balaban J connectivity index is 1.72. The molecule has 0 spiro atoms. The molecule has 29 heavy (non-hydrogen) atoms. The number of ether oxygens (including phenoxy) is 1. The van der Waals surface area contributed by atoms with Gasteiger partial charge in [0.2, 0.25) is 5.71 Å². The van der Waals surface area contributed by atoms with Crippen molar-refractivity contribution in [1.82, 2.24) is 9.97 Å². The number of aliphatic imine (C=N–C) groups is 1. The highest BCUT2D eigenvalue weighted by Crippen LogP contribution is 2.43. The van der Waals surface area contributed by atoms with Crippen molar-refractivity contribution in [2.75, 3.05) is 7.11 Å². The zero-order chi connectivity index (χ0) is 19.6. The van der Waals surface area contributed by atoms with Crippen molar-refractivity contribution < 1.29 is 18.0 Å². The van der Waals surface area contributed by atoms with Gasteiger partial charge in [-0.15, -0.1) is 0 Å². The van der Waals surface area contributed by atoms with Crippen molar-refractivity contribution in [3.63, 3.8) is 0 Å². The lowest BCUT2D eigenvalue weighted by molar-refractivity contribution is 0.414. The largest absolute Gasteiger partial charge is 0.496 e. The number of benzene rings is 1. The van der Waals surface area contributed by atoms with Crippen LogP contribution >= 0.6 is 0 Å². The average Bonchev–Trinajstić information content (AvgIpc) is 3.52.